The highest BCUT2D eigenvalue weighted by Crippen LogP contribution is 2.33. The van der Waals surface area contributed by atoms with Crippen molar-refractivity contribution in [2.75, 3.05) is 6.54 Å². The Balaban J connectivity index is 2.02. The van der Waals surface area contributed by atoms with Crippen LogP contribution in [0.1, 0.15) is 71.4 Å². The van der Waals surface area contributed by atoms with Crippen LogP contribution < -0.4 is 0 Å². The normalized spacial score (nSPS) is 12.5. The SMILES string of the molecule is CCc1cc(C(F)(F)F)cc(C(=O)N(CCc2cc(F)cc(C(F)(F)F)c2)Cc2ccc(C(C)(C)C)cc2)c1F. The molecule has 3 aromatic rings. The molecule has 2 nitrogen and oxygen atoms in total. The molecule has 0 radical (unpaired) electrons. The lowest BCUT2D eigenvalue weighted by molar-refractivity contribution is -0.138. The summed E-state index contributed by atoms with van der Waals surface area (Å²) >= 11 is 0. The van der Waals surface area contributed by atoms with Crippen molar-refractivity contribution in [2.45, 2.75) is 64.8 Å². The number of rotatable bonds is 7. The summed E-state index contributed by atoms with van der Waals surface area (Å²) in [6.07, 6.45) is -10.0. The number of carbonyl (C=O) groups is 1. The number of hydrogen-bond acceptors (Lipinski definition) is 1. The van der Waals surface area contributed by atoms with E-state index in [1.54, 1.807) is 12.1 Å². The van der Waals surface area contributed by atoms with Crippen LogP contribution in [0.15, 0.2) is 54.6 Å². The molecule has 3 rings (SSSR count). The highest BCUT2D eigenvalue weighted by atomic mass is 19.4. The number of amides is 1. The standard InChI is InChI=1S/C30H29F8NO/c1-5-20-14-23(30(36,37)38)16-25(26(20)32)27(40)39(17-18-6-8-21(9-7-18)28(2,3)4)11-10-19-12-22(29(33,34)35)15-24(31)13-19/h6-9,12-16H,5,10-11,17H2,1-4H3. The number of alkyl halides is 6. The van der Waals surface area contributed by atoms with Gasteiger partial charge >= 0.3 is 12.4 Å². The summed E-state index contributed by atoms with van der Waals surface area (Å²) in [6.45, 7) is 6.96. The van der Waals surface area contributed by atoms with Crippen molar-refractivity contribution in [3.63, 3.8) is 0 Å². The molecule has 0 aliphatic rings. The number of carbonyl (C=O) groups excluding carboxylic acids is 1. The lowest BCUT2D eigenvalue weighted by atomic mass is 9.87. The second kappa shape index (κ2) is 11.6. The molecule has 0 unspecified atom stereocenters. The van der Waals surface area contributed by atoms with Gasteiger partial charge in [-0.1, -0.05) is 52.0 Å². The Labute approximate surface area is 227 Å². The molecule has 0 N–H and O–H groups in total. The van der Waals surface area contributed by atoms with Crippen LogP contribution in [-0.4, -0.2) is 17.4 Å². The minimum Gasteiger partial charge on any atom is -0.334 e. The van der Waals surface area contributed by atoms with E-state index in [2.05, 4.69) is 0 Å². The first kappa shape index (κ1) is 31.1. The maximum Gasteiger partial charge on any atom is 0.416 e. The van der Waals surface area contributed by atoms with E-state index >= 15 is 4.39 Å². The van der Waals surface area contributed by atoms with E-state index in [0.29, 0.717) is 23.8 Å². The molecular formula is C30H29F8NO. The molecule has 10 heteroatoms. The van der Waals surface area contributed by atoms with Gasteiger partial charge in [-0.15, -0.1) is 0 Å². The highest BCUT2D eigenvalue weighted by Gasteiger charge is 2.34. The van der Waals surface area contributed by atoms with Gasteiger partial charge in [-0.2, -0.15) is 26.3 Å². The maximum absolute atomic E-state index is 15.2. The van der Waals surface area contributed by atoms with Gasteiger partial charge in [-0.25, -0.2) is 8.78 Å². The van der Waals surface area contributed by atoms with E-state index < -0.39 is 46.6 Å². The Hall–Kier alpha value is -3.43. The minimum absolute atomic E-state index is 0.0769. The zero-order valence-corrected chi connectivity index (χ0v) is 22.4. The molecule has 0 saturated carbocycles. The van der Waals surface area contributed by atoms with Crippen LogP contribution in [0.3, 0.4) is 0 Å². The summed E-state index contributed by atoms with van der Waals surface area (Å²) in [6, 6.07) is 10.1. The summed E-state index contributed by atoms with van der Waals surface area (Å²) < 4.78 is 109. The van der Waals surface area contributed by atoms with Crippen LogP contribution in [0, 0.1) is 11.6 Å². The summed E-state index contributed by atoms with van der Waals surface area (Å²) in [5.41, 5.74) is -2.21. The van der Waals surface area contributed by atoms with Crippen LogP contribution in [0.25, 0.3) is 0 Å². The van der Waals surface area contributed by atoms with E-state index in [1.165, 1.54) is 6.92 Å². The van der Waals surface area contributed by atoms with Crippen LogP contribution in [0.2, 0.25) is 0 Å². The van der Waals surface area contributed by atoms with Crippen molar-refractivity contribution < 1.29 is 39.9 Å². The predicted molar refractivity (Wildman–Crippen MR) is 136 cm³/mol. The summed E-state index contributed by atoms with van der Waals surface area (Å²) in [4.78, 5) is 14.6. The second-order valence-corrected chi connectivity index (χ2v) is 10.6. The summed E-state index contributed by atoms with van der Waals surface area (Å²) in [5.74, 6) is -3.29. The van der Waals surface area contributed by atoms with Gasteiger partial charge < -0.3 is 4.90 Å². The first-order valence-corrected chi connectivity index (χ1v) is 12.5. The third kappa shape index (κ3) is 7.61. The third-order valence-electron chi connectivity index (χ3n) is 6.52. The average Bonchev–Trinajstić information content (AvgIpc) is 2.84. The molecule has 40 heavy (non-hydrogen) atoms. The molecule has 216 valence electrons. The topological polar surface area (TPSA) is 20.3 Å². The molecule has 0 aliphatic heterocycles. The fourth-order valence-electron chi connectivity index (χ4n) is 4.24. The van der Waals surface area contributed by atoms with Gasteiger partial charge in [0.2, 0.25) is 0 Å². The highest BCUT2D eigenvalue weighted by molar-refractivity contribution is 5.95. The molecule has 0 fully saturated rings. The van der Waals surface area contributed by atoms with Gasteiger partial charge in [-0.3, -0.25) is 4.79 Å². The van der Waals surface area contributed by atoms with Crippen LogP contribution in [-0.2, 0) is 37.2 Å². The monoisotopic (exact) mass is 571 g/mol. The number of halogens is 8. The molecule has 0 atom stereocenters. The lowest BCUT2D eigenvalue weighted by Gasteiger charge is -2.25. The number of benzene rings is 3. The molecule has 3 aromatic carbocycles. The van der Waals surface area contributed by atoms with Crippen molar-refractivity contribution >= 4 is 5.91 Å². The summed E-state index contributed by atoms with van der Waals surface area (Å²) in [5, 5.41) is 0. The Kier molecular flexibility index (Phi) is 9.01. The van der Waals surface area contributed by atoms with Gasteiger partial charge in [0, 0.05) is 13.1 Å². The van der Waals surface area contributed by atoms with E-state index in [9.17, 15) is 35.5 Å². The largest absolute Gasteiger partial charge is 0.416 e. The second-order valence-electron chi connectivity index (χ2n) is 10.6. The lowest BCUT2D eigenvalue weighted by Crippen LogP contribution is -2.33. The molecule has 0 spiro atoms. The fraction of sp³-hybridized carbons (Fsp3) is 0.367. The third-order valence-corrected chi connectivity index (χ3v) is 6.52. The molecule has 0 aliphatic carbocycles. The quantitative estimate of drug-likeness (QED) is 0.260. The van der Waals surface area contributed by atoms with Crippen molar-refractivity contribution in [3.05, 3.63) is 105 Å². The van der Waals surface area contributed by atoms with E-state index in [-0.39, 0.29) is 42.5 Å². The van der Waals surface area contributed by atoms with Gasteiger partial charge in [0.25, 0.3) is 5.91 Å². The van der Waals surface area contributed by atoms with Crippen molar-refractivity contribution in [2.24, 2.45) is 0 Å². The van der Waals surface area contributed by atoms with Gasteiger partial charge in [0.05, 0.1) is 16.7 Å². The molecule has 0 aromatic heterocycles. The number of hydrogen-bond donors (Lipinski definition) is 0. The van der Waals surface area contributed by atoms with Crippen LogP contribution in [0.5, 0.6) is 0 Å². The van der Waals surface area contributed by atoms with Gasteiger partial charge in [0.1, 0.15) is 11.6 Å². The Morgan fingerprint density at radius 2 is 1.32 bits per heavy atom. The summed E-state index contributed by atoms with van der Waals surface area (Å²) in [7, 11) is 0. The Morgan fingerprint density at radius 1 is 0.750 bits per heavy atom. The average molecular weight is 572 g/mol. The predicted octanol–water partition coefficient (Wildman–Crippen LogP) is 8.75. The van der Waals surface area contributed by atoms with Gasteiger partial charge in [0.15, 0.2) is 0 Å². The van der Waals surface area contributed by atoms with Crippen LogP contribution in [0.4, 0.5) is 35.1 Å². The van der Waals surface area contributed by atoms with Crippen LogP contribution >= 0.6 is 0 Å². The molecule has 0 saturated heterocycles. The zero-order chi connectivity index (χ0) is 30.0. The zero-order valence-electron chi connectivity index (χ0n) is 22.4. The van der Waals surface area contributed by atoms with E-state index in [1.807, 2.05) is 32.9 Å². The van der Waals surface area contributed by atoms with Crippen molar-refractivity contribution in [1.82, 2.24) is 4.90 Å². The molecular weight excluding hydrogens is 542 g/mol. The molecule has 0 heterocycles. The molecule has 1 amide bonds. The fourth-order valence-corrected chi connectivity index (χ4v) is 4.24. The van der Waals surface area contributed by atoms with E-state index in [0.717, 1.165) is 22.6 Å². The first-order chi connectivity index (χ1) is 18.4. The maximum atomic E-state index is 15.2. The van der Waals surface area contributed by atoms with Crippen molar-refractivity contribution in [3.8, 4) is 0 Å². The minimum atomic E-state index is -4.84. The van der Waals surface area contributed by atoms with E-state index in [4.69, 9.17) is 0 Å². The van der Waals surface area contributed by atoms with Gasteiger partial charge in [-0.05, 0) is 70.8 Å². The number of aryl methyl sites for hydroxylation is 1. The Morgan fingerprint density at radius 3 is 1.85 bits per heavy atom. The Bertz CT molecular complexity index is 1350. The smallest absolute Gasteiger partial charge is 0.334 e. The van der Waals surface area contributed by atoms with Crippen molar-refractivity contribution in [1.29, 1.82) is 0 Å². The molecule has 0 bridgehead atoms. The number of nitrogens with zero attached hydrogens (tertiary/aromatic N) is 1. The first-order valence-electron chi connectivity index (χ1n) is 12.5.